The molecule has 2 rings (SSSR count). The molecule has 0 amide bonds. The van der Waals surface area contributed by atoms with Gasteiger partial charge in [0, 0.05) is 12.2 Å². The Bertz CT molecular complexity index is 336. The van der Waals surface area contributed by atoms with E-state index in [4.69, 9.17) is 0 Å². The Morgan fingerprint density at radius 1 is 1.36 bits per heavy atom. The summed E-state index contributed by atoms with van der Waals surface area (Å²) in [7, 11) is 0. The molecule has 3 nitrogen and oxygen atoms in total. The summed E-state index contributed by atoms with van der Waals surface area (Å²) in [6.07, 6.45) is 4.90. The van der Waals surface area contributed by atoms with E-state index in [1.54, 1.807) is 6.33 Å². The Hall–Kier alpha value is -0.930. The van der Waals surface area contributed by atoms with E-state index in [2.05, 4.69) is 21.4 Å². The SMILES string of the molecule is Cc1cc(C2=CCNCC2)ncn1.Cl. The molecule has 0 aromatic carbocycles. The van der Waals surface area contributed by atoms with Crippen LogP contribution in [0.3, 0.4) is 0 Å². The van der Waals surface area contributed by atoms with Gasteiger partial charge in [0.2, 0.25) is 0 Å². The molecular formula is C10H14ClN3. The fourth-order valence-corrected chi connectivity index (χ4v) is 1.49. The number of nitrogens with one attached hydrogen (secondary N) is 1. The van der Waals surface area contributed by atoms with Crippen LogP contribution in [0.15, 0.2) is 18.5 Å². The molecule has 14 heavy (non-hydrogen) atoms. The second-order valence-electron chi connectivity index (χ2n) is 3.23. The predicted molar refractivity (Wildman–Crippen MR) is 59.5 cm³/mol. The molecule has 0 saturated heterocycles. The first kappa shape index (κ1) is 11.1. The van der Waals surface area contributed by atoms with Gasteiger partial charge in [-0.25, -0.2) is 9.97 Å². The zero-order chi connectivity index (χ0) is 9.10. The minimum atomic E-state index is 0. The van der Waals surface area contributed by atoms with E-state index in [9.17, 15) is 0 Å². The summed E-state index contributed by atoms with van der Waals surface area (Å²) in [5, 5.41) is 3.28. The van der Waals surface area contributed by atoms with Crippen LogP contribution in [0.2, 0.25) is 0 Å². The van der Waals surface area contributed by atoms with Crippen molar-refractivity contribution in [3.8, 4) is 0 Å². The Balaban J connectivity index is 0.000000980. The number of rotatable bonds is 1. The number of nitrogens with zero attached hydrogens (tertiary/aromatic N) is 2. The molecule has 0 spiro atoms. The van der Waals surface area contributed by atoms with Crippen molar-refractivity contribution < 1.29 is 0 Å². The van der Waals surface area contributed by atoms with E-state index in [-0.39, 0.29) is 12.4 Å². The van der Waals surface area contributed by atoms with E-state index in [0.29, 0.717) is 0 Å². The maximum absolute atomic E-state index is 4.26. The van der Waals surface area contributed by atoms with Gasteiger partial charge in [-0.2, -0.15) is 0 Å². The first-order valence-corrected chi connectivity index (χ1v) is 4.55. The average Bonchev–Trinajstić information content (AvgIpc) is 2.19. The van der Waals surface area contributed by atoms with Crippen molar-refractivity contribution in [2.24, 2.45) is 0 Å². The average molecular weight is 212 g/mol. The lowest BCUT2D eigenvalue weighted by Crippen LogP contribution is -2.20. The molecule has 0 bridgehead atoms. The van der Waals surface area contributed by atoms with Crippen LogP contribution in [0.4, 0.5) is 0 Å². The van der Waals surface area contributed by atoms with E-state index in [0.717, 1.165) is 30.9 Å². The monoisotopic (exact) mass is 211 g/mol. The van der Waals surface area contributed by atoms with Gasteiger partial charge in [-0.05, 0) is 31.5 Å². The summed E-state index contributed by atoms with van der Waals surface area (Å²) in [6.45, 7) is 4.00. The van der Waals surface area contributed by atoms with E-state index >= 15 is 0 Å². The minimum Gasteiger partial charge on any atom is -0.313 e. The summed E-state index contributed by atoms with van der Waals surface area (Å²) < 4.78 is 0. The molecule has 1 aromatic rings. The van der Waals surface area contributed by atoms with Crippen molar-refractivity contribution in [1.82, 2.24) is 15.3 Å². The molecule has 0 radical (unpaired) electrons. The van der Waals surface area contributed by atoms with Gasteiger partial charge in [0.05, 0.1) is 5.69 Å². The lowest BCUT2D eigenvalue weighted by molar-refractivity contribution is 0.736. The van der Waals surface area contributed by atoms with Crippen LogP contribution in [0.5, 0.6) is 0 Å². The molecule has 0 fully saturated rings. The van der Waals surface area contributed by atoms with Crippen LogP contribution in [0.1, 0.15) is 17.8 Å². The highest BCUT2D eigenvalue weighted by molar-refractivity contribution is 5.85. The van der Waals surface area contributed by atoms with E-state index < -0.39 is 0 Å². The zero-order valence-corrected chi connectivity index (χ0v) is 8.97. The van der Waals surface area contributed by atoms with Crippen LogP contribution in [-0.4, -0.2) is 23.1 Å². The zero-order valence-electron chi connectivity index (χ0n) is 8.16. The number of hydrogen-bond acceptors (Lipinski definition) is 3. The van der Waals surface area contributed by atoms with Crippen LogP contribution >= 0.6 is 12.4 Å². The number of hydrogen-bond donors (Lipinski definition) is 1. The summed E-state index contributed by atoms with van der Waals surface area (Å²) in [5.74, 6) is 0. The number of halogens is 1. The summed E-state index contributed by atoms with van der Waals surface area (Å²) >= 11 is 0. The Morgan fingerprint density at radius 2 is 2.21 bits per heavy atom. The van der Waals surface area contributed by atoms with Crippen molar-refractivity contribution in [3.05, 3.63) is 29.9 Å². The molecule has 4 heteroatoms. The molecule has 1 aliphatic rings. The molecule has 0 aliphatic carbocycles. The Labute approximate surface area is 90.1 Å². The van der Waals surface area contributed by atoms with Gasteiger partial charge in [-0.15, -0.1) is 12.4 Å². The van der Waals surface area contributed by atoms with Gasteiger partial charge in [0.15, 0.2) is 0 Å². The van der Waals surface area contributed by atoms with Crippen LogP contribution in [-0.2, 0) is 0 Å². The van der Waals surface area contributed by atoms with Gasteiger partial charge >= 0.3 is 0 Å². The molecule has 0 unspecified atom stereocenters. The smallest absolute Gasteiger partial charge is 0.116 e. The summed E-state index contributed by atoms with van der Waals surface area (Å²) in [6, 6.07) is 2.04. The first-order chi connectivity index (χ1) is 6.36. The fourth-order valence-electron chi connectivity index (χ4n) is 1.49. The molecule has 2 heterocycles. The normalized spacial score (nSPS) is 15.6. The van der Waals surface area contributed by atoms with Crippen molar-refractivity contribution in [3.63, 3.8) is 0 Å². The lowest BCUT2D eigenvalue weighted by Gasteiger charge is -2.13. The van der Waals surface area contributed by atoms with Crippen molar-refractivity contribution in [2.75, 3.05) is 13.1 Å². The van der Waals surface area contributed by atoms with Gasteiger partial charge in [0.25, 0.3) is 0 Å². The first-order valence-electron chi connectivity index (χ1n) is 4.55. The third-order valence-electron chi connectivity index (χ3n) is 2.20. The quantitative estimate of drug-likeness (QED) is 0.767. The number of aryl methyl sites for hydroxylation is 1. The largest absolute Gasteiger partial charge is 0.313 e. The van der Waals surface area contributed by atoms with Crippen LogP contribution in [0.25, 0.3) is 5.57 Å². The van der Waals surface area contributed by atoms with Gasteiger partial charge in [0.1, 0.15) is 6.33 Å². The van der Waals surface area contributed by atoms with Crippen LogP contribution < -0.4 is 5.32 Å². The summed E-state index contributed by atoms with van der Waals surface area (Å²) in [5.41, 5.74) is 3.45. The molecule has 0 atom stereocenters. The predicted octanol–water partition coefficient (Wildman–Crippen LogP) is 1.58. The number of aromatic nitrogens is 2. The van der Waals surface area contributed by atoms with E-state index in [1.165, 1.54) is 5.57 Å². The molecule has 1 N–H and O–H groups in total. The van der Waals surface area contributed by atoms with E-state index in [1.807, 2.05) is 13.0 Å². The molecule has 1 aliphatic heterocycles. The minimum absolute atomic E-state index is 0. The highest BCUT2D eigenvalue weighted by Crippen LogP contribution is 2.16. The fraction of sp³-hybridized carbons (Fsp3) is 0.400. The Morgan fingerprint density at radius 3 is 2.86 bits per heavy atom. The molecular weight excluding hydrogens is 198 g/mol. The lowest BCUT2D eigenvalue weighted by atomic mass is 10.1. The maximum atomic E-state index is 4.26. The molecule has 0 saturated carbocycles. The maximum Gasteiger partial charge on any atom is 0.116 e. The summed E-state index contributed by atoms with van der Waals surface area (Å²) in [4.78, 5) is 8.34. The molecule has 1 aromatic heterocycles. The Kier molecular flexibility index (Phi) is 4.04. The van der Waals surface area contributed by atoms with Crippen molar-refractivity contribution >= 4 is 18.0 Å². The van der Waals surface area contributed by atoms with Crippen LogP contribution in [0, 0.1) is 6.92 Å². The van der Waals surface area contributed by atoms with Gasteiger partial charge < -0.3 is 5.32 Å². The highest BCUT2D eigenvalue weighted by Gasteiger charge is 2.06. The standard InChI is InChI=1S/C10H13N3.ClH/c1-8-6-10(13-7-12-8)9-2-4-11-5-3-9;/h2,6-7,11H,3-5H2,1H3;1H. The van der Waals surface area contributed by atoms with Gasteiger partial charge in [-0.3, -0.25) is 0 Å². The second-order valence-corrected chi connectivity index (χ2v) is 3.23. The van der Waals surface area contributed by atoms with Crippen molar-refractivity contribution in [1.29, 1.82) is 0 Å². The highest BCUT2D eigenvalue weighted by atomic mass is 35.5. The third-order valence-corrected chi connectivity index (χ3v) is 2.20. The van der Waals surface area contributed by atoms with Crippen molar-refractivity contribution in [2.45, 2.75) is 13.3 Å². The third kappa shape index (κ3) is 2.53. The second kappa shape index (κ2) is 5.08. The topological polar surface area (TPSA) is 37.8 Å². The molecule has 76 valence electrons. The van der Waals surface area contributed by atoms with Gasteiger partial charge in [-0.1, -0.05) is 6.08 Å².